The maximum absolute atomic E-state index is 13.7. The van der Waals surface area contributed by atoms with Crippen molar-refractivity contribution in [1.29, 1.82) is 0 Å². The first-order chi connectivity index (χ1) is 17.1. The lowest BCUT2D eigenvalue weighted by atomic mass is 9.72. The molecule has 2 aromatic heterocycles. The Labute approximate surface area is 206 Å². The van der Waals surface area contributed by atoms with E-state index in [9.17, 15) is 9.59 Å². The average Bonchev–Trinajstić information content (AvgIpc) is 3.55. The maximum Gasteiger partial charge on any atom is 0.255 e. The van der Waals surface area contributed by atoms with Gasteiger partial charge in [0.2, 0.25) is 6.79 Å². The number of dihydropyridines is 1. The number of benzene rings is 1. The van der Waals surface area contributed by atoms with Crippen LogP contribution in [0.5, 0.6) is 11.5 Å². The third-order valence-electron chi connectivity index (χ3n) is 6.65. The summed E-state index contributed by atoms with van der Waals surface area (Å²) in [6, 6.07) is 15.1. The molecule has 2 aliphatic heterocycles. The van der Waals surface area contributed by atoms with Crippen molar-refractivity contribution in [3.8, 4) is 11.5 Å². The molecule has 0 saturated carbocycles. The molecule has 0 saturated heterocycles. The number of aromatic nitrogens is 1. The molecule has 0 spiro atoms. The van der Waals surface area contributed by atoms with E-state index in [4.69, 9.17) is 9.47 Å². The third kappa shape index (κ3) is 3.89. The molecule has 2 N–H and O–H groups in total. The van der Waals surface area contributed by atoms with Gasteiger partial charge in [-0.1, -0.05) is 18.2 Å². The number of nitrogens with zero attached hydrogens (tertiary/aromatic N) is 1. The van der Waals surface area contributed by atoms with Gasteiger partial charge in [-0.05, 0) is 54.6 Å². The summed E-state index contributed by atoms with van der Waals surface area (Å²) in [6.45, 7) is 2.04. The maximum atomic E-state index is 13.7. The molecule has 8 heteroatoms. The summed E-state index contributed by atoms with van der Waals surface area (Å²) in [5.74, 6) is 1.08. The summed E-state index contributed by atoms with van der Waals surface area (Å²) in [6.07, 6.45) is 2.76. The predicted octanol–water partition coefficient (Wildman–Crippen LogP) is 4.87. The molecular weight excluding hydrogens is 462 g/mol. The van der Waals surface area contributed by atoms with Gasteiger partial charge in [0.15, 0.2) is 17.3 Å². The monoisotopic (exact) mass is 485 g/mol. The zero-order valence-electron chi connectivity index (χ0n) is 19.0. The zero-order valence-corrected chi connectivity index (χ0v) is 19.9. The van der Waals surface area contributed by atoms with Crippen molar-refractivity contribution < 1.29 is 19.1 Å². The molecule has 1 aliphatic carbocycles. The number of hydrogen-bond acceptors (Lipinski definition) is 7. The lowest BCUT2D eigenvalue weighted by molar-refractivity contribution is -0.116. The standard InChI is InChI=1S/C27H23N3O4S/c1-15-24(27(32)30-23-6-2-3-9-28-23)25(16-7-8-20-21(13-16)34-14-33-20)26-18(29-15)11-17(12-19(26)31)22-5-4-10-35-22/h2-10,13,17,25,29H,11-12,14H2,1H3,(H,28,30,32)/t17-,25-/m1/s1. The molecule has 176 valence electrons. The van der Waals surface area contributed by atoms with Gasteiger partial charge in [-0.25, -0.2) is 4.98 Å². The fourth-order valence-corrected chi connectivity index (χ4v) is 5.94. The molecule has 35 heavy (non-hydrogen) atoms. The van der Waals surface area contributed by atoms with E-state index in [0.29, 0.717) is 34.9 Å². The smallest absolute Gasteiger partial charge is 0.255 e. The second kappa shape index (κ2) is 8.70. The molecule has 0 fully saturated rings. The van der Waals surface area contributed by atoms with Crippen molar-refractivity contribution in [3.63, 3.8) is 0 Å². The van der Waals surface area contributed by atoms with Crippen molar-refractivity contribution in [1.82, 2.24) is 10.3 Å². The van der Waals surface area contributed by atoms with E-state index in [2.05, 4.69) is 21.7 Å². The van der Waals surface area contributed by atoms with Crippen molar-refractivity contribution in [2.75, 3.05) is 12.1 Å². The normalized spacial score (nSPS) is 21.0. The van der Waals surface area contributed by atoms with Crippen molar-refractivity contribution in [2.45, 2.75) is 31.6 Å². The fraction of sp³-hybridized carbons (Fsp3) is 0.222. The number of anilines is 1. The van der Waals surface area contributed by atoms with Gasteiger partial charge in [0.05, 0.1) is 0 Å². The largest absolute Gasteiger partial charge is 0.454 e. The minimum absolute atomic E-state index is 0.0513. The van der Waals surface area contributed by atoms with Crippen LogP contribution in [-0.4, -0.2) is 23.5 Å². The highest BCUT2D eigenvalue weighted by atomic mass is 32.1. The first kappa shape index (κ1) is 21.6. The van der Waals surface area contributed by atoms with Crippen LogP contribution in [0.3, 0.4) is 0 Å². The summed E-state index contributed by atoms with van der Waals surface area (Å²) in [5.41, 5.74) is 3.56. The number of amides is 1. The lowest BCUT2D eigenvalue weighted by Crippen LogP contribution is -2.37. The highest BCUT2D eigenvalue weighted by Gasteiger charge is 2.41. The average molecular weight is 486 g/mol. The quantitative estimate of drug-likeness (QED) is 0.548. The van der Waals surface area contributed by atoms with Crippen LogP contribution in [0.4, 0.5) is 5.82 Å². The molecular formula is C27H23N3O4S. The van der Waals surface area contributed by atoms with E-state index in [1.165, 1.54) is 4.88 Å². The number of Topliss-reactive ketones (excluding diaryl/α,β-unsaturated/α-hetero) is 1. The van der Waals surface area contributed by atoms with Crippen molar-refractivity contribution >= 4 is 28.8 Å². The van der Waals surface area contributed by atoms with Gasteiger partial charge < -0.3 is 20.1 Å². The number of nitrogens with one attached hydrogen (secondary N) is 2. The highest BCUT2D eigenvalue weighted by molar-refractivity contribution is 7.10. The molecule has 7 nitrogen and oxygen atoms in total. The Morgan fingerprint density at radius 2 is 2.00 bits per heavy atom. The zero-order chi connectivity index (χ0) is 23.9. The number of carbonyl (C=O) groups is 2. The summed E-state index contributed by atoms with van der Waals surface area (Å²) in [4.78, 5) is 32.7. The molecule has 1 aromatic carbocycles. The second-order valence-electron chi connectivity index (χ2n) is 8.81. The van der Waals surface area contributed by atoms with Gasteiger partial charge in [-0.3, -0.25) is 9.59 Å². The van der Waals surface area contributed by atoms with Crippen LogP contribution < -0.4 is 20.1 Å². The number of carbonyl (C=O) groups excluding carboxylic acids is 2. The van der Waals surface area contributed by atoms with Gasteiger partial charge in [0.25, 0.3) is 5.91 Å². The Morgan fingerprint density at radius 3 is 2.80 bits per heavy atom. The Bertz CT molecular complexity index is 1380. The summed E-state index contributed by atoms with van der Waals surface area (Å²) in [7, 11) is 0. The minimum atomic E-state index is -0.527. The molecule has 6 rings (SSSR count). The van der Waals surface area contributed by atoms with Crippen LogP contribution in [-0.2, 0) is 9.59 Å². The number of thiophene rings is 1. The molecule has 1 amide bonds. The van der Waals surface area contributed by atoms with Crippen molar-refractivity contribution in [2.24, 2.45) is 0 Å². The second-order valence-corrected chi connectivity index (χ2v) is 9.79. The van der Waals surface area contributed by atoms with Crippen LogP contribution >= 0.6 is 11.3 Å². The minimum Gasteiger partial charge on any atom is -0.454 e. The molecule has 3 aromatic rings. The van der Waals surface area contributed by atoms with Gasteiger partial charge in [-0.15, -0.1) is 11.3 Å². The Kier molecular flexibility index (Phi) is 5.37. The van der Waals surface area contributed by atoms with Crippen LogP contribution in [0.25, 0.3) is 0 Å². The Hall–Kier alpha value is -3.91. The molecule has 3 aliphatic rings. The molecule has 2 atom stereocenters. The summed E-state index contributed by atoms with van der Waals surface area (Å²) >= 11 is 1.67. The van der Waals surface area contributed by atoms with E-state index in [0.717, 1.165) is 23.4 Å². The summed E-state index contributed by atoms with van der Waals surface area (Å²) in [5, 5.41) is 8.36. The number of ether oxygens (including phenoxy) is 2. The first-order valence-electron chi connectivity index (χ1n) is 11.5. The van der Waals surface area contributed by atoms with Gasteiger partial charge in [-0.2, -0.15) is 0 Å². The van der Waals surface area contributed by atoms with E-state index >= 15 is 0 Å². The number of ketones is 1. The van der Waals surface area contributed by atoms with E-state index < -0.39 is 5.92 Å². The predicted molar refractivity (Wildman–Crippen MR) is 132 cm³/mol. The lowest BCUT2D eigenvalue weighted by Gasteiger charge is -2.36. The van der Waals surface area contributed by atoms with Crippen LogP contribution in [0, 0.1) is 0 Å². The molecule has 0 radical (unpaired) electrons. The fourth-order valence-electron chi connectivity index (χ4n) is 5.11. The van der Waals surface area contributed by atoms with E-state index in [-0.39, 0.29) is 24.4 Å². The van der Waals surface area contributed by atoms with Crippen LogP contribution in [0.2, 0.25) is 0 Å². The molecule has 0 unspecified atom stereocenters. The number of rotatable bonds is 4. The third-order valence-corrected chi connectivity index (χ3v) is 7.69. The number of allylic oxidation sites excluding steroid dienone is 3. The number of fused-ring (bicyclic) bond motifs is 1. The topological polar surface area (TPSA) is 89.6 Å². The highest BCUT2D eigenvalue weighted by Crippen LogP contribution is 2.47. The Balaban J connectivity index is 1.43. The summed E-state index contributed by atoms with van der Waals surface area (Å²) < 4.78 is 11.1. The molecule has 0 bridgehead atoms. The Morgan fingerprint density at radius 1 is 1.11 bits per heavy atom. The van der Waals surface area contributed by atoms with Crippen LogP contribution in [0.1, 0.15) is 42.0 Å². The first-order valence-corrected chi connectivity index (χ1v) is 12.4. The van der Waals surface area contributed by atoms with Gasteiger partial charge in [0, 0.05) is 51.9 Å². The van der Waals surface area contributed by atoms with Crippen molar-refractivity contribution in [3.05, 3.63) is 93.1 Å². The number of pyridine rings is 1. The molecule has 4 heterocycles. The van der Waals surface area contributed by atoms with E-state index in [1.54, 1.807) is 29.7 Å². The van der Waals surface area contributed by atoms with Gasteiger partial charge >= 0.3 is 0 Å². The van der Waals surface area contributed by atoms with Gasteiger partial charge in [0.1, 0.15) is 5.82 Å². The van der Waals surface area contributed by atoms with E-state index in [1.807, 2.05) is 42.6 Å². The SMILES string of the molecule is CC1=C(C(=O)Nc2ccccn2)[C@@H](c2ccc3c(c2)OCO3)C2=C(C[C@@H](c3cccs3)CC2=O)N1. The number of hydrogen-bond donors (Lipinski definition) is 2. The van der Waals surface area contributed by atoms with Crippen LogP contribution in [0.15, 0.2) is 82.6 Å².